The number of hydrogen-bond acceptors (Lipinski definition) is 3. The SMILES string of the molecule is COC1CCCCCC1NCC1CCOC1. The fourth-order valence-electron chi connectivity index (χ4n) is 2.85. The van der Waals surface area contributed by atoms with Crippen LogP contribution in [0.4, 0.5) is 0 Å². The van der Waals surface area contributed by atoms with E-state index in [0.717, 1.165) is 25.7 Å². The number of nitrogens with one attached hydrogen (secondary N) is 1. The van der Waals surface area contributed by atoms with Crippen LogP contribution in [0.2, 0.25) is 0 Å². The first-order valence-corrected chi connectivity index (χ1v) is 6.74. The largest absolute Gasteiger partial charge is 0.381 e. The van der Waals surface area contributed by atoms with Crippen molar-refractivity contribution in [1.82, 2.24) is 5.32 Å². The third-order valence-corrected chi connectivity index (χ3v) is 3.95. The molecule has 0 spiro atoms. The molecule has 0 aromatic rings. The van der Waals surface area contributed by atoms with E-state index in [2.05, 4.69) is 5.32 Å². The Bertz CT molecular complexity index is 192. The summed E-state index contributed by atoms with van der Waals surface area (Å²) in [5, 5.41) is 3.70. The van der Waals surface area contributed by atoms with Gasteiger partial charge in [-0.05, 0) is 25.2 Å². The fraction of sp³-hybridized carbons (Fsp3) is 1.00. The van der Waals surface area contributed by atoms with E-state index < -0.39 is 0 Å². The number of ether oxygens (including phenoxy) is 2. The Kier molecular flexibility index (Phi) is 5.07. The van der Waals surface area contributed by atoms with Crippen molar-refractivity contribution >= 4 is 0 Å². The lowest BCUT2D eigenvalue weighted by Crippen LogP contribution is -2.42. The van der Waals surface area contributed by atoms with Crippen LogP contribution in [0.3, 0.4) is 0 Å². The molecule has 0 radical (unpaired) electrons. The maximum atomic E-state index is 5.61. The zero-order chi connectivity index (χ0) is 11.2. The van der Waals surface area contributed by atoms with Gasteiger partial charge in [0.25, 0.3) is 0 Å². The molecule has 1 aliphatic carbocycles. The predicted molar refractivity (Wildman–Crippen MR) is 64.6 cm³/mol. The molecule has 2 aliphatic rings. The second kappa shape index (κ2) is 6.58. The highest BCUT2D eigenvalue weighted by Gasteiger charge is 2.24. The van der Waals surface area contributed by atoms with Crippen molar-refractivity contribution in [2.45, 2.75) is 50.7 Å². The van der Waals surface area contributed by atoms with Gasteiger partial charge in [-0.1, -0.05) is 19.3 Å². The highest BCUT2D eigenvalue weighted by atomic mass is 16.5. The van der Waals surface area contributed by atoms with Gasteiger partial charge in [0, 0.05) is 26.3 Å². The molecule has 3 heteroatoms. The molecule has 3 atom stereocenters. The summed E-state index contributed by atoms with van der Waals surface area (Å²) in [6, 6.07) is 0.563. The summed E-state index contributed by atoms with van der Waals surface area (Å²) >= 11 is 0. The van der Waals surface area contributed by atoms with Gasteiger partial charge in [-0.2, -0.15) is 0 Å². The van der Waals surface area contributed by atoms with Crippen LogP contribution in [0.1, 0.15) is 38.5 Å². The van der Waals surface area contributed by atoms with Crippen molar-refractivity contribution in [2.24, 2.45) is 5.92 Å². The normalized spacial score (nSPS) is 36.2. The summed E-state index contributed by atoms with van der Waals surface area (Å²) in [4.78, 5) is 0. The Hall–Kier alpha value is -0.120. The van der Waals surface area contributed by atoms with Gasteiger partial charge in [0.2, 0.25) is 0 Å². The number of hydrogen-bond donors (Lipinski definition) is 1. The molecular formula is C13H25NO2. The summed E-state index contributed by atoms with van der Waals surface area (Å²) in [5.74, 6) is 0.723. The molecule has 16 heavy (non-hydrogen) atoms. The van der Waals surface area contributed by atoms with E-state index in [1.807, 2.05) is 7.11 Å². The van der Waals surface area contributed by atoms with Gasteiger partial charge in [-0.25, -0.2) is 0 Å². The van der Waals surface area contributed by atoms with Gasteiger partial charge in [0.15, 0.2) is 0 Å². The molecule has 1 aliphatic heterocycles. The third-order valence-electron chi connectivity index (χ3n) is 3.95. The van der Waals surface area contributed by atoms with Crippen LogP contribution in [0, 0.1) is 5.92 Å². The molecule has 1 saturated heterocycles. The summed E-state index contributed by atoms with van der Waals surface area (Å²) in [6.07, 6.45) is 8.16. The van der Waals surface area contributed by atoms with E-state index in [4.69, 9.17) is 9.47 Å². The maximum absolute atomic E-state index is 5.61. The van der Waals surface area contributed by atoms with Crippen LogP contribution in [0.25, 0.3) is 0 Å². The van der Waals surface area contributed by atoms with Crippen molar-refractivity contribution in [3.8, 4) is 0 Å². The van der Waals surface area contributed by atoms with E-state index >= 15 is 0 Å². The smallest absolute Gasteiger partial charge is 0.0724 e. The molecule has 1 heterocycles. The first kappa shape index (κ1) is 12.3. The van der Waals surface area contributed by atoms with Crippen LogP contribution in [-0.2, 0) is 9.47 Å². The Morgan fingerprint density at radius 2 is 2.06 bits per heavy atom. The average Bonchev–Trinajstić information content (AvgIpc) is 2.71. The molecule has 0 bridgehead atoms. The molecule has 2 fully saturated rings. The first-order chi connectivity index (χ1) is 7.90. The number of methoxy groups -OCH3 is 1. The van der Waals surface area contributed by atoms with Gasteiger partial charge in [0.1, 0.15) is 0 Å². The molecule has 0 aromatic carbocycles. The van der Waals surface area contributed by atoms with E-state index in [-0.39, 0.29) is 0 Å². The van der Waals surface area contributed by atoms with Crippen molar-refractivity contribution in [2.75, 3.05) is 26.9 Å². The minimum Gasteiger partial charge on any atom is -0.381 e. The molecule has 94 valence electrons. The Labute approximate surface area is 98.9 Å². The molecule has 2 rings (SSSR count). The van der Waals surface area contributed by atoms with E-state index in [0.29, 0.717) is 12.1 Å². The first-order valence-electron chi connectivity index (χ1n) is 6.74. The summed E-state index contributed by atoms with van der Waals surface area (Å²) < 4.78 is 11.0. The summed E-state index contributed by atoms with van der Waals surface area (Å²) in [7, 11) is 1.85. The van der Waals surface area contributed by atoms with Crippen LogP contribution < -0.4 is 5.32 Å². The zero-order valence-electron chi connectivity index (χ0n) is 10.4. The van der Waals surface area contributed by atoms with Gasteiger partial charge in [0.05, 0.1) is 12.7 Å². The monoisotopic (exact) mass is 227 g/mol. The lowest BCUT2D eigenvalue weighted by Gasteiger charge is -2.26. The molecule has 3 nitrogen and oxygen atoms in total. The second-order valence-corrected chi connectivity index (χ2v) is 5.16. The fourth-order valence-corrected chi connectivity index (χ4v) is 2.85. The molecular weight excluding hydrogens is 202 g/mol. The van der Waals surface area contributed by atoms with Gasteiger partial charge < -0.3 is 14.8 Å². The minimum atomic E-state index is 0.421. The van der Waals surface area contributed by atoms with Crippen molar-refractivity contribution in [3.05, 3.63) is 0 Å². The van der Waals surface area contributed by atoms with Crippen LogP contribution >= 0.6 is 0 Å². The Balaban J connectivity index is 1.75. The van der Waals surface area contributed by atoms with Gasteiger partial charge >= 0.3 is 0 Å². The van der Waals surface area contributed by atoms with Crippen molar-refractivity contribution in [3.63, 3.8) is 0 Å². The lowest BCUT2D eigenvalue weighted by molar-refractivity contribution is 0.0614. The molecule has 1 saturated carbocycles. The van der Waals surface area contributed by atoms with Gasteiger partial charge in [-0.15, -0.1) is 0 Å². The standard InChI is InChI=1S/C13H25NO2/c1-15-13-6-4-2-3-5-12(13)14-9-11-7-8-16-10-11/h11-14H,2-10H2,1H3. The number of rotatable bonds is 4. The Morgan fingerprint density at radius 3 is 2.81 bits per heavy atom. The van der Waals surface area contributed by atoms with E-state index in [1.54, 1.807) is 0 Å². The Morgan fingerprint density at radius 1 is 1.19 bits per heavy atom. The summed E-state index contributed by atoms with van der Waals surface area (Å²) in [6.45, 7) is 2.99. The minimum absolute atomic E-state index is 0.421. The van der Waals surface area contributed by atoms with Crippen molar-refractivity contribution in [1.29, 1.82) is 0 Å². The van der Waals surface area contributed by atoms with Crippen LogP contribution in [-0.4, -0.2) is 39.0 Å². The average molecular weight is 227 g/mol. The van der Waals surface area contributed by atoms with Crippen molar-refractivity contribution < 1.29 is 9.47 Å². The quantitative estimate of drug-likeness (QED) is 0.745. The maximum Gasteiger partial charge on any atom is 0.0724 e. The summed E-state index contributed by atoms with van der Waals surface area (Å²) in [5.41, 5.74) is 0. The van der Waals surface area contributed by atoms with Crippen LogP contribution in [0.15, 0.2) is 0 Å². The highest BCUT2D eigenvalue weighted by molar-refractivity contribution is 4.81. The second-order valence-electron chi connectivity index (χ2n) is 5.16. The third kappa shape index (κ3) is 3.44. The zero-order valence-corrected chi connectivity index (χ0v) is 10.4. The molecule has 3 unspecified atom stereocenters. The molecule has 0 amide bonds. The molecule has 1 N–H and O–H groups in total. The van der Waals surface area contributed by atoms with E-state index in [9.17, 15) is 0 Å². The predicted octanol–water partition coefficient (Wildman–Crippen LogP) is 1.96. The topological polar surface area (TPSA) is 30.5 Å². The lowest BCUT2D eigenvalue weighted by atomic mass is 10.0. The molecule has 0 aromatic heterocycles. The van der Waals surface area contributed by atoms with Gasteiger partial charge in [-0.3, -0.25) is 0 Å². The van der Waals surface area contributed by atoms with Crippen LogP contribution in [0.5, 0.6) is 0 Å². The highest BCUT2D eigenvalue weighted by Crippen LogP contribution is 2.21. The van der Waals surface area contributed by atoms with E-state index in [1.165, 1.54) is 38.5 Å².